The normalized spacial score (nSPS) is 10.4. The van der Waals surface area contributed by atoms with E-state index in [-0.39, 0.29) is 36.8 Å². The Morgan fingerprint density at radius 3 is 2.49 bits per heavy atom. The van der Waals surface area contributed by atoms with Gasteiger partial charge in [-0.15, -0.1) is 0 Å². The molecule has 37 heavy (non-hydrogen) atoms. The maximum absolute atomic E-state index is 12.5. The molecular formula is C24H22N6O7. The van der Waals surface area contributed by atoms with Crippen LogP contribution in [0.25, 0.3) is 11.0 Å². The van der Waals surface area contributed by atoms with E-state index in [9.17, 15) is 14.4 Å². The first-order chi connectivity index (χ1) is 17.9. The molecule has 0 aliphatic rings. The molecule has 0 radical (unpaired) electrons. The van der Waals surface area contributed by atoms with Gasteiger partial charge < -0.3 is 29.3 Å². The Morgan fingerprint density at radius 2 is 1.73 bits per heavy atom. The number of aromatic nitrogens is 3. The van der Waals surface area contributed by atoms with Crippen molar-refractivity contribution in [2.45, 2.75) is 6.92 Å². The van der Waals surface area contributed by atoms with Crippen LogP contribution in [0.2, 0.25) is 0 Å². The first-order valence-electron chi connectivity index (χ1n) is 11.0. The SMILES string of the molecule is CCOC(=O)CNc1nc(NC(=O)Nc2ccc(OC)cc2)nc(Oc2cc(=O)oc3ccccc23)n1. The number of esters is 1. The molecule has 4 rings (SSSR count). The first kappa shape index (κ1) is 24.9. The van der Waals surface area contributed by atoms with Crippen LogP contribution >= 0.6 is 0 Å². The molecule has 4 aromatic rings. The second-order valence-corrected chi connectivity index (χ2v) is 7.26. The molecule has 0 fully saturated rings. The van der Waals surface area contributed by atoms with Gasteiger partial charge in [-0.25, -0.2) is 9.59 Å². The number of nitrogens with one attached hydrogen (secondary N) is 3. The van der Waals surface area contributed by atoms with E-state index in [1.807, 2.05) is 0 Å². The van der Waals surface area contributed by atoms with Gasteiger partial charge in [0.15, 0.2) is 0 Å². The fourth-order valence-electron chi connectivity index (χ4n) is 3.10. The fraction of sp³-hybridized carbons (Fsp3) is 0.167. The van der Waals surface area contributed by atoms with Crippen molar-refractivity contribution in [2.24, 2.45) is 0 Å². The number of hydrogen-bond acceptors (Lipinski definition) is 11. The standard InChI is InChI=1S/C24H22N6O7/c1-3-35-20(32)13-25-21-27-22(28-23(33)26-14-8-10-15(34-2)11-9-14)30-24(29-21)37-18-12-19(31)36-17-7-5-4-6-16(17)18/h4-12H,3,13H2,1-2H3,(H3,25,26,27,28,29,30,33). The number of benzene rings is 2. The second kappa shape index (κ2) is 11.5. The maximum Gasteiger partial charge on any atom is 0.339 e. The first-order valence-corrected chi connectivity index (χ1v) is 11.0. The maximum atomic E-state index is 12.5. The lowest BCUT2D eigenvalue weighted by molar-refractivity contribution is -0.140. The molecule has 13 nitrogen and oxygen atoms in total. The number of urea groups is 1. The molecule has 0 aliphatic carbocycles. The van der Waals surface area contributed by atoms with Gasteiger partial charge in [0, 0.05) is 5.69 Å². The van der Waals surface area contributed by atoms with Crippen LogP contribution in [0.1, 0.15) is 6.92 Å². The molecule has 2 aromatic heterocycles. The van der Waals surface area contributed by atoms with Crippen LogP contribution in [-0.2, 0) is 9.53 Å². The van der Waals surface area contributed by atoms with E-state index in [1.165, 1.54) is 7.11 Å². The average Bonchev–Trinajstić information content (AvgIpc) is 2.88. The molecule has 13 heteroatoms. The number of carbonyl (C=O) groups excluding carboxylic acids is 2. The van der Waals surface area contributed by atoms with E-state index in [2.05, 4.69) is 30.9 Å². The molecule has 0 spiro atoms. The van der Waals surface area contributed by atoms with Crippen molar-refractivity contribution in [3.8, 4) is 17.5 Å². The Bertz CT molecular complexity index is 1470. The van der Waals surface area contributed by atoms with Gasteiger partial charge in [-0.3, -0.25) is 10.1 Å². The van der Waals surface area contributed by atoms with Crippen molar-refractivity contribution in [3.05, 3.63) is 65.0 Å². The monoisotopic (exact) mass is 506 g/mol. The Balaban J connectivity index is 1.59. The summed E-state index contributed by atoms with van der Waals surface area (Å²) in [7, 11) is 1.54. The quantitative estimate of drug-likeness (QED) is 0.225. The summed E-state index contributed by atoms with van der Waals surface area (Å²) in [5.41, 5.74) is 0.157. The number of amides is 2. The van der Waals surface area contributed by atoms with Crippen LogP contribution in [-0.4, -0.2) is 47.2 Å². The minimum atomic E-state index is -0.649. The molecule has 0 aliphatic heterocycles. The Hall–Kier alpha value is -5.20. The third kappa shape index (κ3) is 6.69. The topological polar surface area (TPSA) is 167 Å². The fourth-order valence-corrected chi connectivity index (χ4v) is 3.10. The smallest absolute Gasteiger partial charge is 0.339 e. The highest BCUT2D eigenvalue weighted by molar-refractivity contribution is 5.98. The summed E-state index contributed by atoms with van der Waals surface area (Å²) in [5.74, 6) is -0.0449. The highest BCUT2D eigenvalue weighted by Gasteiger charge is 2.15. The number of rotatable bonds is 9. The highest BCUT2D eigenvalue weighted by Crippen LogP contribution is 2.27. The summed E-state index contributed by atoms with van der Waals surface area (Å²) < 4.78 is 20.9. The summed E-state index contributed by atoms with van der Waals surface area (Å²) in [6, 6.07) is 13.7. The van der Waals surface area contributed by atoms with Gasteiger partial charge in [-0.05, 0) is 43.3 Å². The number of nitrogens with zero attached hydrogens (tertiary/aromatic N) is 3. The minimum absolute atomic E-state index is 0.0786. The Morgan fingerprint density at radius 1 is 0.973 bits per heavy atom. The van der Waals surface area contributed by atoms with Crippen molar-refractivity contribution in [1.29, 1.82) is 0 Å². The molecule has 2 heterocycles. The van der Waals surface area contributed by atoms with Gasteiger partial charge in [-0.2, -0.15) is 15.0 Å². The van der Waals surface area contributed by atoms with E-state index < -0.39 is 17.6 Å². The van der Waals surface area contributed by atoms with Crippen LogP contribution in [0.15, 0.2) is 63.8 Å². The molecular weight excluding hydrogens is 484 g/mol. The van der Waals surface area contributed by atoms with E-state index >= 15 is 0 Å². The number of para-hydroxylation sites is 1. The zero-order valence-electron chi connectivity index (χ0n) is 19.8. The molecule has 3 N–H and O–H groups in total. The predicted octanol–water partition coefficient (Wildman–Crippen LogP) is 3.40. The van der Waals surface area contributed by atoms with Crippen molar-refractivity contribution in [1.82, 2.24) is 15.0 Å². The van der Waals surface area contributed by atoms with Crippen molar-refractivity contribution >= 4 is 40.6 Å². The van der Waals surface area contributed by atoms with Gasteiger partial charge in [0.2, 0.25) is 11.9 Å². The van der Waals surface area contributed by atoms with Gasteiger partial charge >= 0.3 is 23.6 Å². The molecule has 0 saturated carbocycles. The lowest BCUT2D eigenvalue weighted by Gasteiger charge is -2.11. The van der Waals surface area contributed by atoms with E-state index in [0.29, 0.717) is 22.4 Å². The number of anilines is 3. The number of fused-ring (bicyclic) bond motifs is 1. The van der Waals surface area contributed by atoms with Crippen LogP contribution in [0.3, 0.4) is 0 Å². The van der Waals surface area contributed by atoms with Crippen LogP contribution < -0.4 is 31.0 Å². The van der Waals surface area contributed by atoms with Gasteiger partial charge in [0.1, 0.15) is 23.6 Å². The Labute approximate surface area is 209 Å². The minimum Gasteiger partial charge on any atom is -0.497 e. The Kier molecular flexibility index (Phi) is 7.73. The second-order valence-electron chi connectivity index (χ2n) is 7.26. The zero-order valence-corrected chi connectivity index (χ0v) is 19.8. The molecule has 0 unspecified atom stereocenters. The number of ether oxygens (including phenoxy) is 3. The number of methoxy groups -OCH3 is 1. The zero-order chi connectivity index (χ0) is 26.2. The molecule has 0 atom stereocenters. The van der Waals surface area contributed by atoms with E-state index in [4.69, 9.17) is 18.6 Å². The third-order valence-electron chi connectivity index (χ3n) is 4.70. The van der Waals surface area contributed by atoms with Crippen LogP contribution in [0, 0.1) is 0 Å². The van der Waals surface area contributed by atoms with E-state index in [1.54, 1.807) is 55.5 Å². The summed E-state index contributed by atoms with van der Waals surface area (Å²) in [6.45, 7) is 1.64. The summed E-state index contributed by atoms with van der Waals surface area (Å²) in [4.78, 5) is 48.6. The number of hydrogen-bond donors (Lipinski definition) is 3. The molecule has 0 saturated heterocycles. The van der Waals surface area contributed by atoms with Crippen molar-refractivity contribution in [2.75, 3.05) is 36.2 Å². The molecule has 0 bridgehead atoms. The average molecular weight is 506 g/mol. The largest absolute Gasteiger partial charge is 0.497 e. The predicted molar refractivity (Wildman–Crippen MR) is 133 cm³/mol. The van der Waals surface area contributed by atoms with Crippen molar-refractivity contribution in [3.63, 3.8) is 0 Å². The third-order valence-corrected chi connectivity index (χ3v) is 4.70. The lowest BCUT2D eigenvalue weighted by atomic mass is 10.2. The number of carbonyl (C=O) groups is 2. The molecule has 190 valence electrons. The van der Waals surface area contributed by atoms with Crippen LogP contribution in [0.5, 0.6) is 17.5 Å². The van der Waals surface area contributed by atoms with Gasteiger partial charge in [-0.1, -0.05) is 12.1 Å². The van der Waals surface area contributed by atoms with Gasteiger partial charge in [0.25, 0.3) is 0 Å². The summed E-state index contributed by atoms with van der Waals surface area (Å²) >= 11 is 0. The summed E-state index contributed by atoms with van der Waals surface area (Å²) in [6.07, 6.45) is 0. The van der Waals surface area contributed by atoms with Gasteiger partial charge in [0.05, 0.1) is 25.2 Å². The highest BCUT2D eigenvalue weighted by atomic mass is 16.5. The molecule has 2 aromatic carbocycles. The summed E-state index contributed by atoms with van der Waals surface area (Å²) in [5, 5.41) is 8.31. The lowest BCUT2D eigenvalue weighted by Crippen LogP contribution is -2.22. The molecule has 2 amide bonds. The van der Waals surface area contributed by atoms with Crippen molar-refractivity contribution < 1.29 is 28.2 Å². The van der Waals surface area contributed by atoms with E-state index in [0.717, 1.165) is 6.07 Å². The van der Waals surface area contributed by atoms with Crippen LogP contribution in [0.4, 0.5) is 22.4 Å².